The van der Waals surface area contributed by atoms with Gasteiger partial charge in [-0.05, 0) is 31.0 Å². The van der Waals surface area contributed by atoms with Crippen molar-refractivity contribution in [1.82, 2.24) is 4.98 Å². The standard InChI is InChI=1S/C16H19N3O2S/c1-2-21-7-3-6-17-16-19-14(10-22-16)11-4-5-13-12(8-11)9-15(20)18-13/h4-5,8,10H,2-3,6-7,9H2,1H3,(H,17,19)(H,18,20). The van der Waals surface area contributed by atoms with E-state index in [0.717, 1.165) is 53.8 Å². The van der Waals surface area contributed by atoms with Crippen LogP contribution in [0.25, 0.3) is 11.3 Å². The summed E-state index contributed by atoms with van der Waals surface area (Å²) in [5.41, 5.74) is 3.95. The highest BCUT2D eigenvalue weighted by Crippen LogP contribution is 2.30. The number of amides is 1. The Morgan fingerprint density at radius 3 is 3.23 bits per heavy atom. The number of hydrogen-bond donors (Lipinski definition) is 2. The molecule has 2 heterocycles. The zero-order valence-corrected chi connectivity index (χ0v) is 13.3. The Balaban J connectivity index is 1.62. The molecule has 0 bridgehead atoms. The van der Waals surface area contributed by atoms with Gasteiger partial charge in [0.15, 0.2) is 5.13 Å². The predicted molar refractivity (Wildman–Crippen MR) is 89.5 cm³/mol. The molecular weight excluding hydrogens is 298 g/mol. The van der Waals surface area contributed by atoms with Crippen molar-refractivity contribution in [3.05, 3.63) is 29.1 Å². The highest BCUT2D eigenvalue weighted by atomic mass is 32.1. The molecule has 0 saturated heterocycles. The Hall–Kier alpha value is -1.92. The molecule has 0 unspecified atom stereocenters. The van der Waals surface area contributed by atoms with Crippen molar-refractivity contribution in [3.8, 4) is 11.3 Å². The monoisotopic (exact) mass is 317 g/mol. The van der Waals surface area contributed by atoms with Crippen molar-refractivity contribution in [2.75, 3.05) is 30.4 Å². The summed E-state index contributed by atoms with van der Waals surface area (Å²) in [5, 5.41) is 9.12. The lowest BCUT2D eigenvalue weighted by Gasteiger charge is -2.03. The van der Waals surface area contributed by atoms with Crippen LogP contribution in [0.5, 0.6) is 0 Å². The van der Waals surface area contributed by atoms with Gasteiger partial charge >= 0.3 is 0 Å². The molecule has 0 saturated carbocycles. The molecule has 1 amide bonds. The van der Waals surface area contributed by atoms with Crippen LogP contribution in [0.1, 0.15) is 18.9 Å². The Labute approximate surface area is 133 Å². The third-order valence-electron chi connectivity index (χ3n) is 3.48. The molecule has 6 heteroatoms. The fourth-order valence-corrected chi connectivity index (χ4v) is 3.14. The van der Waals surface area contributed by atoms with E-state index in [2.05, 4.69) is 15.6 Å². The number of aromatic nitrogens is 1. The summed E-state index contributed by atoms with van der Waals surface area (Å²) in [4.78, 5) is 16.0. The number of benzene rings is 1. The molecule has 1 aromatic carbocycles. The highest BCUT2D eigenvalue weighted by Gasteiger charge is 2.18. The van der Waals surface area contributed by atoms with Crippen molar-refractivity contribution in [1.29, 1.82) is 0 Å². The quantitative estimate of drug-likeness (QED) is 0.770. The summed E-state index contributed by atoms with van der Waals surface area (Å²) in [6.45, 7) is 4.39. The summed E-state index contributed by atoms with van der Waals surface area (Å²) < 4.78 is 5.31. The number of carbonyl (C=O) groups is 1. The van der Waals surface area contributed by atoms with Gasteiger partial charge in [-0.1, -0.05) is 6.07 Å². The summed E-state index contributed by atoms with van der Waals surface area (Å²) >= 11 is 1.60. The maximum atomic E-state index is 11.4. The summed E-state index contributed by atoms with van der Waals surface area (Å²) in [6.07, 6.45) is 1.42. The summed E-state index contributed by atoms with van der Waals surface area (Å²) in [7, 11) is 0. The van der Waals surface area contributed by atoms with Gasteiger partial charge in [0.1, 0.15) is 0 Å². The number of nitrogens with zero attached hydrogens (tertiary/aromatic N) is 1. The second kappa shape index (κ2) is 6.89. The maximum Gasteiger partial charge on any atom is 0.228 e. The molecule has 1 aromatic heterocycles. The van der Waals surface area contributed by atoms with Crippen LogP contribution >= 0.6 is 11.3 Å². The predicted octanol–water partition coefficient (Wildman–Crippen LogP) is 3.14. The van der Waals surface area contributed by atoms with Crippen LogP contribution in [0.15, 0.2) is 23.6 Å². The molecule has 1 aliphatic rings. The zero-order chi connectivity index (χ0) is 15.4. The molecule has 116 valence electrons. The molecule has 0 radical (unpaired) electrons. The zero-order valence-electron chi connectivity index (χ0n) is 12.5. The van der Waals surface area contributed by atoms with Gasteiger partial charge < -0.3 is 15.4 Å². The molecule has 1 aliphatic heterocycles. The van der Waals surface area contributed by atoms with Gasteiger partial charge in [0.2, 0.25) is 5.91 Å². The first kappa shape index (κ1) is 15.0. The average Bonchev–Trinajstić information content (AvgIpc) is 3.11. The topological polar surface area (TPSA) is 63.2 Å². The van der Waals surface area contributed by atoms with Gasteiger partial charge in [0, 0.05) is 36.4 Å². The molecule has 0 spiro atoms. The molecule has 5 nitrogen and oxygen atoms in total. The first-order valence-corrected chi connectivity index (χ1v) is 8.34. The number of fused-ring (bicyclic) bond motifs is 1. The van der Waals surface area contributed by atoms with E-state index in [4.69, 9.17) is 4.74 Å². The Kier molecular flexibility index (Phi) is 4.70. The second-order valence-electron chi connectivity index (χ2n) is 5.11. The minimum Gasteiger partial charge on any atom is -0.382 e. The van der Waals surface area contributed by atoms with Crippen LogP contribution < -0.4 is 10.6 Å². The molecule has 22 heavy (non-hydrogen) atoms. The van der Waals surface area contributed by atoms with E-state index >= 15 is 0 Å². The van der Waals surface area contributed by atoms with E-state index in [1.165, 1.54) is 0 Å². The van der Waals surface area contributed by atoms with Crippen LogP contribution in [0, 0.1) is 0 Å². The Bertz CT molecular complexity index is 669. The van der Waals surface area contributed by atoms with Gasteiger partial charge in [-0.15, -0.1) is 11.3 Å². The maximum absolute atomic E-state index is 11.4. The van der Waals surface area contributed by atoms with Crippen molar-refractivity contribution >= 4 is 28.1 Å². The van der Waals surface area contributed by atoms with E-state index in [1.54, 1.807) is 11.3 Å². The highest BCUT2D eigenvalue weighted by molar-refractivity contribution is 7.14. The summed E-state index contributed by atoms with van der Waals surface area (Å²) in [6, 6.07) is 5.99. The van der Waals surface area contributed by atoms with Crippen molar-refractivity contribution in [2.24, 2.45) is 0 Å². The van der Waals surface area contributed by atoms with Crippen LogP contribution in [0.3, 0.4) is 0 Å². The van der Waals surface area contributed by atoms with E-state index in [9.17, 15) is 4.79 Å². The van der Waals surface area contributed by atoms with Gasteiger partial charge in [-0.3, -0.25) is 4.79 Å². The molecule has 2 aromatic rings. The van der Waals surface area contributed by atoms with E-state index in [0.29, 0.717) is 6.42 Å². The number of rotatable bonds is 7. The Morgan fingerprint density at radius 2 is 2.36 bits per heavy atom. The van der Waals surface area contributed by atoms with Gasteiger partial charge in [-0.2, -0.15) is 0 Å². The van der Waals surface area contributed by atoms with Gasteiger partial charge in [0.25, 0.3) is 0 Å². The van der Waals surface area contributed by atoms with E-state index in [-0.39, 0.29) is 5.91 Å². The molecule has 0 aliphatic carbocycles. The van der Waals surface area contributed by atoms with Crippen LogP contribution in [-0.2, 0) is 16.0 Å². The van der Waals surface area contributed by atoms with Gasteiger partial charge in [-0.25, -0.2) is 4.98 Å². The van der Waals surface area contributed by atoms with E-state index < -0.39 is 0 Å². The van der Waals surface area contributed by atoms with Crippen LogP contribution in [0.4, 0.5) is 10.8 Å². The lowest BCUT2D eigenvalue weighted by molar-refractivity contribution is -0.115. The lowest BCUT2D eigenvalue weighted by atomic mass is 10.1. The van der Waals surface area contributed by atoms with Gasteiger partial charge in [0.05, 0.1) is 12.1 Å². The number of thiazole rings is 1. The van der Waals surface area contributed by atoms with E-state index in [1.807, 2.05) is 30.5 Å². The molecule has 0 fully saturated rings. The van der Waals surface area contributed by atoms with Crippen LogP contribution in [-0.4, -0.2) is 30.6 Å². The third-order valence-corrected chi connectivity index (χ3v) is 4.28. The number of carbonyl (C=O) groups excluding carboxylic acids is 1. The number of nitrogens with one attached hydrogen (secondary N) is 2. The first-order valence-electron chi connectivity index (χ1n) is 7.46. The second-order valence-corrected chi connectivity index (χ2v) is 5.97. The first-order chi connectivity index (χ1) is 10.8. The number of ether oxygens (including phenoxy) is 1. The molecular formula is C16H19N3O2S. The third kappa shape index (κ3) is 3.45. The fraction of sp³-hybridized carbons (Fsp3) is 0.375. The molecule has 2 N–H and O–H groups in total. The normalized spacial score (nSPS) is 13.0. The Morgan fingerprint density at radius 1 is 1.45 bits per heavy atom. The minimum absolute atomic E-state index is 0.0575. The smallest absolute Gasteiger partial charge is 0.228 e. The van der Waals surface area contributed by atoms with Crippen LogP contribution in [0.2, 0.25) is 0 Å². The van der Waals surface area contributed by atoms with Crippen molar-refractivity contribution in [2.45, 2.75) is 19.8 Å². The fourth-order valence-electron chi connectivity index (χ4n) is 2.39. The lowest BCUT2D eigenvalue weighted by Crippen LogP contribution is -2.05. The number of anilines is 2. The molecule has 0 atom stereocenters. The number of hydrogen-bond acceptors (Lipinski definition) is 5. The summed E-state index contributed by atoms with van der Waals surface area (Å²) in [5.74, 6) is 0.0575. The SMILES string of the molecule is CCOCCCNc1nc(-c2ccc3c(c2)CC(=O)N3)cs1. The minimum atomic E-state index is 0.0575. The molecule has 3 rings (SSSR count). The largest absolute Gasteiger partial charge is 0.382 e. The van der Waals surface area contributed by atoms with Crippen molar-refractivity contribution in [3.63, 3.8) is 0 Å². The van der Waals surface area contributed by atoms with Crippen molar-refractivity contribution < 1.29 is 9.53 Å². The average molecular weight is 317 g/mol.